The van der Waals surface area contributed by atoms with Crippen LogP contribution in [0.3, 0.4) is 0 Å². The number of carbonyl (C=O) groups excluding carboxylic acids is 1. The highest BCUT2D eigenvalue weighted by atomic mass is 16.2. The molecule has 110 valence electrons. The Morgan fingerprint density at radius 2 is 2.05 bits per heavy atom. The zero-order chi connectivity index (χ0) is 15.4. The molecule has 7 heteroatoms. The van der Waals surface area contributed by atoms with Crippen molar-refractivity contribution in [1.82, 2.24) is 19.7 Å². The van der Waals surface area contributed by atoms with Crippen LogP contribution >= 0.6 is 0 Å². The Hall–Kier alpha value is -3.22. The quantitative estimate of drug-likeness (QED) is 0.758. The van der Waals surface area contributed by atoms with Crippen molar-refractivity contribution in [2.75, 3.05) is 5.32 Å². The predicted octanol–water partition coefficient (Wildman–Crippen LogP) is 1.27. The minimum absolute atomic E-state index is 0.221. The fourth-order valence-electron chi connectivity index (χ4n) is 1.97. The summed E-state index contributed by atoms with van der Waals surface area (Å²) in [6.07, 6.45) is 6.07. The number of amides is 1. The average Bonchev–Trinajstić information content (AvgIpc) is 3.03. The number of hydrogen-bond donors (Lipinski definition) is 2. The van der Waals surface area contributed by atoms with Gasteiger partial charge in [-0.05, 0) is 17.7 Å². The number of carbonyl (C=O) groups is 1. The molecule has 2 aromatic heterocycles. The molecule has 22 heavy (non-hydrogen) atoms. The van der Waals surface area contributed by atoms with Gasteiger partial charge in [-0.1, -0.05) is 12.1 Å². The predicted molar refractivity (Wildman–Crippen MR) is 80.6 cm³/mol. The molecule has 0 aliphatic rings. The van der Waals surface area contributed by atoms with Crippen molar-refractivity contribution >= 4 is 11.6 Å². The largest absolute Gasteiger partial charge is 0.366 e. The molecule has 0 saturated heterocycles. The lowest BCUT2D eigenvalue weighted by molar-refractivity contribution is 0.102. The Morgan fingerprint density at radius 1 is 1.23 bits per heavy atom. The number of H-pyrrole nitrogens is 1. The molecular formula is C15H13N5O2. The third-order valence-electron chi connectivity index (χ3n) is 3.10. The van der Waals surface area contributed by atoms with Crippen LogP contribution < -0.4 is 10.7 Å². The van der Waals surface area contributed by atoms with Gasteiger partial charge in [-0.25, -0.2) is 9.67 Å². The van der Waals surface area contributed by atoms with Crippen molar-refractivity contribution in [3.8, 4) is 0 Å². The van der Waals surface area contributed by atoms with E-state index in [0.29, 0.717) is 12.1 Å². The third kappa shape index (κ3) is 3.09. The van der Waals surface area contributed by atoms with Gasteiger partial charge in [0.1, 0.15) is 18.3 Å². The summed E-state index contributed by atoms with van der Waals surface area (Å²) in [5.74, 6) is -0.330. The summed E-state index contributed by atoms with van der Waals surface area (Å²) < 4.78 is 1.69. The highest BCUT2D eigenvalue weighted by Gasteiger charge is 2.08. The topological polar surface area (TPSA) is 92.7 Å². The van der Waals surface area contributed by atoms with Crippen molar-refractivity contribution in [3.05, 3.63) is 76.7 Å². The maximum absolute atomic E-state index is 12.1. The standard InChI is InChI=1S/C15H13N5O2/c21-14-5-6-16-7-13(14)19-15(22)12-3-1-11(2-4-12)8-20-10-17-9-18-20/h1-7,9-10H,8H2,(H,16,21)(H,19,22). The lowest BCUT2D eigenvalue weighted by Gasteiger charge is -2.06. The molecule has 0 unspecified atom stereocenters. The summed E-state index contributed by atoms with van der Waals surface area (Å²) in [4.78, 5) is 30.3. The summed E-state index contributed by atoms with van der Waals surface area (Å²) in [7, 11) is 0. The maximum Gasteiger partial charge on any atom is 0.255 e. The van der Waals surface area contributed by atoms with E-state index in [9.17, 15) is 9.59 Å². The summed E-state index contributed by atoms with van der Waals surface area (Å²) >= 11 is 0. The first-order valence-corrected chi connectivity index (χ1v) is 6.62. The van der Waals surface area contributed by atoms with Crippen molar-refractivity contribution in [1.29, 1.82) is 0 Å². The molecule has 1 amide bonds. The first-order chi connectivity index (χ1) is 10.7. The first-order valence-electron chi connectivity index (χ1n) is 6.62. The van der Waals surface area contributed by atoms with Gasteiger partial charge in [-0.3, -0.25) is 9.59 Å². The Bertz CT molecular complexity index is 822. The Balaban J connectivity index is 1.71. The van der Waals surface area contributed by atoms with E-state index < -0.39 is 0 Å². The van der Waals surface area contributed by atoms with Crippen LogP contribution in [0.5, 0.6) is 0 Å². The number of nitrogens with one attached hydrogen (secondary N) is 2. The van der Waals surface area contributed by atoms with Crippen LogP contribution in [0.1, 0.15) is 15.9 Å². The number of anilines is 1. The van der Waals surface area contributed by atoms with Crippen molar-refractivity contribution < 1.29 is 4.79 Å². The molecule has 0 atom stereocenters. The monoisotopic (exact) mass is 295 g/mol. The van der Waals surface area contributed by atoms with E-state index in [0.717, 1.165) is 5.56 Å². The van der Waals surface area contributed by atoms with Crippen LogP contribution in [0, 0.1) is 0 Å². The van der Waals surface area contributed by atoms with Crippen molar-refractivity contribution in [3.63, 3.8) is 0 Å². The van der Waals surface area contributed by atoms with Gasteiger partial charge in [-0.2, -0.15) is 5.10 Å². The summed E-state index contributed by atoms with van der Waals surface area (Å²) in [5, 5.41) is 6.60. The molecular weight excluding hydrogens is 282 g/mol. The van der Waals surface area contributed by atoms with Crippen LogP contribution in [0.15, 0.2) is 60.2 Å². The van der Waals surface area contributed by atoms with Crippen LogP contribution in [-0.4, -0.2) is 25.7 Å². The van der Waals surface area contributed by atoms with E-state index in [1.807, 2.05) is 12.1 Å². The van der Waals surface area contributed by atoms with Gasteiger partial charge >= 0.3 is 0 Å². The summed E-state index contributed by atoms with van der Waals surface area (Å²) in [6.45, 7) is 0.584. The molecule has 0 saturated carbocycles. The highest BCUT2D eigenvalue weighted by molar-refractivity contribution is 6.04. The first kappa shape index (κ1) is 13.7. The molecule has 1 aromatic carbocycles. The number of benzene rings is 1. The minimum atomic E-state index is -0.330. The molecule has 2 heterocycles. The van der Waals surface area contributed by atoms with E-state index >= 15 is 0 Å². The van der Waals surface area contributed by atoms with Gasteiger partial charge in [0.05, 0.1) is 6.54 Å². The van der Waals surface area contributed by atoms with Gasteiger partial charge in [-0.15, -0.1) is 0 Å². The second-order valence-electron chi connectivity index (χ2n) is 4.67. The van der Waals surface area contributed by atoms with E-state index in [1.54, 1.807) is 23.1 Å². The zero-order valence-corrected chi connectivity index (χ0v) is 11.6. The molecule has 0 spiro atoms. The Morgan fingerprint density at radius 3 is 2.73 bits per heavy atom. The van der Waals surface area contributed by atoms with Crippen molar-refractivity contribution in [2.24, 2.45) is 0 Å². The van der Waals surface area contributed by atoms with E-state index in [2.05, 4.69) is 20.4 Å². The number of aromatic nitrogens is 4. The van der Waals surface area contributed by atoms with E-state index in [1.165, 1.54) is 24.8 Å². The number of pyridine rings is 1. The van der Waals surface area contributed by atoms with Gasteiger partial charge in [0.15, 0.2) is 0 Å². The Kier molecular flexibility index (Phi) is 3.78. The molecule has 2 N–H and O–H groups in total. The molecule has 0 aliphatic heterocycles. The zero-order valence-electron chi connectivity index (χ0n) is 11.6. The maximum atomic E-state index is 12.1. The number of nitrogens with zero attached hydrogens (tertiary/aromatic N) is 3. The number of hydrogen-bond acceptors (Lipinski definition) is 4. The second-order valence-corrected chi connectivity index (χ2v) is 4.67. The number of rotatable bonds is 4. The smallest absolute Gasteiger partial charge is 0.255 e. The summed E-state index contributed by atoms with van der Waals surface area (Å²) in [6, 6.07) is 8.45. The lowest BCUT2D eigenvalue weighted by Crippen LogP contribution is -2.18. The lowest BCUT2D eigenvalue weighted by atomic mass is 10.1. The van der Waals surface area contributed by atoms with Crippen LogP contribution in [0.2, 0.25) is 0 Å². The minimum Gasteiger partial charge on any atom is -0.366 e. The molecule has 0 bridgehead atoms. The summed E-state index contributed by atoms with van der Waals surface area (Å²) in [5.41, 5.74) is 1.46. The van der Waals surface area contributed by atoms with Gasteiger partial charge in [0, 0.05) is 24.0 Å². The molecule has 7 nitrogen and oxygen atoms in total. The molecule has 3 aromatic rings. The number of aromatic amines is 1. The van der Waals surface area contributed by atoms with Crippen LogP contribution in [0.25, 0.3) is 0 Å². The molecule has 0 aliphatic carbocycles. The van der Waals surface area contributed by atoms with E-state index in [4.69, 9.17) is 0 Å². The van der Waals surface area contributed by atoms with Gasteiger partial charge < -0.3 is 10.3 Å². The Labute approximate surface area is 125 Å². The fraction of sp³-hybridized carbons (Fsp3) is 0.0667. The molecule has 0 radical (unpaired) electrons. The molecule has 3 rings (SSSR count). The average molecular weight is 295 g/mol. The second kappa shape index (κ2) is 6.04. The third-order valence-corrected chi connectivity index (χ3v) is 3.10. The van der Waals surface area contributed by atoms with E-state index in [-0.39, 0.29) is 17.0 Å². The van der Waals surface area contributed by atoms with Gasteiger partial charge in [0.25, 0.3) is 5.91 Å². The van der Waals surface area contributed by atoms with Crippen LogP contribution in [0.4, 0.5) is 5.69 Å². The van der Waals surface area contributed by atoms with Gasteiger partial charge in [0.2, 0.25) is 5.43 Å². The van der Waals surface area contributed by atoms with Crippen molar-refractivity contribution in [2.45, 2.75) is 6.54 Å². The fourth-order valence-corrected chi connectivity index (χ4v) is 1.97. The normalized spacial score (nSPS) is 10.4. The van der Waals surface area contributed by atoms with Crippen LogP contribution in [-0.2, 0) is 6.54 Å². The molecule has 0 fully saturated rings. The highest BCUT2D eigenvalue weighted by Crippen LogP contribution is 2.08. The SMILES string of the molecule is O=C(Nc1c[nH]ccc1=O)c1ccc(Cn2cncn2)cc1.